The van der Waals surface area contributed by atoms with Crippen LogP contribution in [-0.4, -0.2) is 31.1 Å². The van der Waals surface area contributed by atoms with E-state index in [2.05, 4.69) is 36.2 Å². The number of fused-ring (bicyclic) bond motifs is 5. The van der Waals surface area contributed by atoms with E-state index in [1.54, 1.807) is 0 Å². The Morgan fingerprint density at radius 3 is 2.76 bits per heavy atom. The van der Waals surface area contributed by atoms with Gasteiger partial charge in [0, 0.05) is 24.2 Å². The number of aryl methyl sites for hydroxylation is 1. The summed E-state index contributed by atoms with van der Waals surface area (Å²) in [6.45, 7) is 3.68. The standard InChI is InChI=1S/C21H25ClN2O/c1-3-25-20-12-17-14(11-18(20)22)8-9-24(2)19-7-4-13-10-15(23)5-6-16(13)21(17)19/h5-6,10-12,19,21H,3-4,7-9,23H2,1-2H3/t19-,21?/m0/s1. The number of nitrogen functional groups attached to an aromatic ring is 1. The van der Waals surface area contributed by atoms with Gasteiger partial charge in [-0.2, -0.15) is 0 Å². The van der Waals surface area contributed by atoms with Crippen molar-refractivity contribution in [1.29, 1.82) is 0 Å². The first-order valence-corrected chi connectivity index (χ1v) is 9.50. The lowest BCUT2D eigenvalue weighted by Crippen LogP contribution is -2.39. The smallest absolute Gasteiger partial charge is 0.138 e. The lowest BCUT2D eigenvalue weighted by Gasteiger charge is -2.38. The molecular formula is C21H25ClN2O. The third-order valence-electron chi connectivity index (χ3n) is 5.72. The van der Waals surface area contributed by atoms with E-state index >= 15 is 0 Å². The highest BCUT2D eigenvalue weighted by Crippen LogP contribution is 2.45. The molecule has 0 radical (unpaired) electrons. The van der Waals surface area contributed by atoms with Crippen LogP contribution in [0.3, 0.4) is 0 Å². The van der Waals surface area contributed by atoms with Crippen molar-refractivity contribution in [3.05, 3.63) is 57.6 Å². The molecule has 0 amide bonds. The largest absolute Gasteiger partial charge is 0.492 e. The van der Waals surface area contributed by atoms with Crippen molar-refractivity contribution in [2.75, 3.05) is 25.9 Å². The maximum absolute atomic E-state index is 6.47. The second-order valence-electron chi connectivity index (χ2n) is 7.19. The first kappa shape index (κ1) is 16.7. The van der Waals surface area contributed by atoms with Crippen LogP contribution in [0.4, 0.5) is 5.69 Å². The van der Waals surface area contributed by atoms with Gasteiger partial charge in [0.05, 0.1) is 11.6 Å². The predicted molar refractivity (Wildman–Crippen MR) is 104 cm³/mol. The monoisotopic (exact) mass is 356 g/mol. The van der Waals surface area contributed by atoms with Crippen molar-refractivity contribution in [3.63, 3.8) is 0 Å². The zero-order valence-corrected chi connectivity index (χ0v) is 15.6. The molecule has 2 aliphatic rings. The number of likely N-dealkylation sites (N-methyl/N-ethyl adjacent to an activating group) is 1. The number of rotatable bonds is 2. The van der Waals surface area contributed by atoms with Crippen LogP contribution in [-0.2, 0) is 12.8 Å². The minimum Gasteiger partial charge on any atom is -0.492 e. The van der Waals surface area contributed by atoms with Crippen LogP contribution in [0.1, 0.15) is 41.5 Å². The predicted octanol–water partition coefficient (Wildman–Crippen LogP) is 4.26. The minimum atomic E-state index is 0.350. The Balaban J connectivity index is 1.90. The lowest BCUT2D eigenvalue weighted by atomic mass is 9.74. The van der Waals surface area contributed by atoms with Gasteiger partial charge in [0.2, 0.25) is 0 Å². The quantitative estimate of drug-likeness (QED) is 0.817. The van der Waals surface area contributed by atoms with Crippen LogP contribution in [0.25, 0.3) is 0 Å². The maximum atomic E-state index is 6.47. The molecule has 1 unspecified atom stereocenters. The summed E-state index contributed by atoms with van der Waals surface area (Å²) in [6, 6.07) is 11.2. The van der Waals surface area contributed by atoms with E-state index in [1.807, 2.05) is 13.0 Å². The second-order valence-corrected chi connectivity index (χ2v) is 7.59. The Bertz CT molecular complexity index is 805. The van der Waals surface area contributed by atoms with Crippen LogP contribution in [0, 0.1) is 0 Å². The molecule has 1 aliphatic heterocycles. The third kappa shape index (κ3) is 2.90. The number of nitrogens with zero attached hydrogens (tertiary/aromatic N) is 1. The molecule has 0 saturated carbocycles. The zero-order chi connectivity index (χ0) is 17.6. The number of nitrogens with two attached hydrogens (primary N) is 1. The number of halogens is 1. The van der Waals surface area contributed by atoms with E-state index in [-0.39, 0.29) is 0 Å². The first-order valence-electron chi connectivity index (χ1n) is 9.12. The molecule has 25 heavy (non-hydrogen) atoms. The Kier molecular flexibility index (Phi) is 4.38. The van der Waals surface area contributed by atoms with Gasteiger partial charge in [0.1, 0.15) is 5.75 Å². The molecule has 0 bridgehead atoms. The van der Waals surface area contributed by atoms with E-state index < -0.39 is 0 Å². The average molecular weight is 357 g/mol. The normalized spacial score (nSPS) is 22.5. The Labute approximate surface area is 154 Å². The summed E-state index contributed by atoms with van der Waals surface area (Å²) >= 11 is 6.47. The molecule has 132 valence electrons. The minimum absolute atomic E-state index is 0.350. The molecule has 1 heterocycles. The summed E-state index contributed by atoms with van der Waals surface area (Å²) in [5.41, 5.74) is 12.4. The number of benzene rings is 2. The molecular weight excluding hydrogens is 332 g/mol. The Morgan fingerprint density at radius 2 is 1.96 bits per heavy atom. The van der Waals surface area contributed by atoms with Crippen LogP contribution in [0.2, 0.25) is 5.02 Å². The molecule has 2 aromatic rings. The molecule has 4 heteroatoms. The van der Waals surface area contributed by atoms with E-state index in [4.69, 9.17) is 22.1 Å². The third-order valence-corrected chi connectivity index (χ3v) is 6.02. The number of hydrogen-bond acceptors (Lipinski definition) is 3. The van der Waals surface area contributed by atoms with Crippen molar-refractivity contribution >= 4 is 17.3 Å². The van der Waals surface area contributed by atoms with Gasteiger partial charge in [-0.3, -0.25) is 0 Å². The van der Waals surface area contributed by atoms with Crippen LogP contribution in [0.5, 0.6) is 5.75 Å². The van der Waals surface area contributed by atoms with Gasteiger partial charge in [-0.15, -0.1) is 0 Å². The van der Waals surface area contributed by atoms with Gasteiger partial charge in [-0.05, 0) is 79.8 Å². The number of anilines is 1. The maximum Gasteiger partial charge on any atom is 0.138 e. The van der Waals surface area contributed by atoms with Gasteiger partial charge < -0.3 is 15.4 Å². The summed E-state index contributed by atoms with van der Waals surface area (Å²) in [6.07, 6.45) is 3.27. The molecule has 2 aromatic carbocycles. The summed E-state index contributed by atoms with van der Waals surface area (Å²) in [7, 11) is 2.25. The highest BCUT2D eigenvalue weighted by molar-refractivity contribution is 6.32. The fourth-order valence-corrected chi connectivity index (χ4v) is 4.76. The SMILES string of the molecule is CCOc1cc2c(cc1Cl)CCN(C)[C@H]1CCc3cc(N)ccc3C21. The van der Waals surface area contributed by atoms with E-state index in [1.165, 1.54) is 22.3 Å². The second kappa shape index (κ2) is 6.54. The van der Waals surface area contributed by atoms with Crippen molar-refractivity contribution in [2.24, 2.45) is 0 Å². The molecule has 2 atom stereocenters. The van der Waals surface area contributed by atoms with Crippen molar-refractivity contribution in [2.45, 2.75) is 38.1 Å². The van der Waals surface area contributed by atoms with E-state index in [0.717, 1.165) is 42.3 Å². The van der Waals surface area contributed by atoms with Gasteiger partial charge in [-0.1, -0.05) is 17.7 Å². The van der Waals surface area contributed by atoms with Gasteiger partial charge >= 0.3 is 0 Å². The van der Waals surface area contributed by atoms with Gasteiger partial charge in [-0.25, -0.2) is 0 Å². The first-order chi connectivity index (χ1) is 12.1. The summed E-state index contributed by atoms with van der Waals surface area (Å²) < 4.78 is 5.79. The highest BCUT2D eigenvalue weighted by Gasteiger charge is 2.36. The van der Waals surface area contributed by atoms with Crippen molar-refractivity contribution in [3.8, 4) is 5.75 Å². The topological polar surface area (TPSA) is 38.5 Å². The molecule has 0 fully saturated rings. The highest BCUT2D eigenvalue weighted by atomic mass is 35.5. The average Bonchev–Trinajstić information content (AvgIpc) is 2.73. The fraction of sp³-hybridized carbons (Fsp3) is 0.429. The van der Waals surface area contributed by atoms with Crippen LogP contribution >= 0.6 is 11.6 Å². The van der Waals surface area contributed by atoms with Crippen molar-refractivity contribution < 1.29 is 4.74 Å². The molecule has 4 rings (SSSR count). The fourth-order valence-electron chi connectivity index (χ4n) is 4.52. The van der Waals surface area contributed by atoms with Crippen molar-refractivity contribution in [1.82, 2.24) is 4.90 Å². The van der Waals surface area contributed by atoms with Crippen LogP contribution < -0.4 is 10.5 Å². The molecule has 0 aromatic heterocycles. The van der Waals surface area contributed by atoms with E-state index in [9.17, 15) is 0 Å². The molecule has 0 saturated heterocycles. The summed E-state index contributed by atoms with van der Waals surface area (Å²) in [5.74, 6) is 1.15. The van der Waals surface area contributed by atoms with Crippen LogP contribution in [0.15, 0.2) is 30.3 Å². The number of hydrogen-bond donors (Lipinski definition) is 1. The summed E-state index contributed by atoms with van der Waals surface area (Å²) in [4.78, 5) is 2.51. The Hall–Kier alpha value is -1.71. The Morgan fingerprint density at radius 1 is 1.16 bits per heavy atom. The van der Waals surface area contributed by atoms with Gasteiger partial charge in [0.15, 0.2) is 0 Å². The van der Waals surface area contributed by atoms with Gasteiger partial charge in [0.25, 0.3) is 0 Å². The lowest BCUT2D eigenvalue weighted by molar-refractivity contribution is 0.214. The zero-order valence-electron chi connectivity index (χ0n) is 14.9. The molecule has 2 N–H and O–H groups in total. The number of ether oxygens (including phenoxy) is 1. The van der Waals surface area contributed by atoms with E-state index in [0.29, 0.717) is 18.6 Å². The summed E-state index contributed by atoms with van der Waals surface area (Å²) in [5, 5.41) is 0.718. The molecule has 1 aliphatic carbocycles. The molecule has 3 nitrogen and oxygen atoms in total. The molecule has 0 spiro atoms.